The van der Waals surface area contributed by atoms with E-state index in [1.165, 1.54) is 0 Å². The fourth-order valence-corrected chi connectivity index (χ4v) is 2.13. The first kappa shape index (κ1) is 14.8. The van der Waals surface area contributed by atoms with Gasteiger partial charge < -0.3 is 5.32 Å². The molecule has 0 spiro atoms. The predicted octanol–water partition coefficient (Wildman–Crippen LogP) is 1.08. The van der Waals surface area contributed by atoms with Gasteiger partial charge in [0, 0.05) is 34.9 Å². The molecule has 0 aliphatic carbocycles. The lowest BCUT2D eigenvalue weighted by molar-refractivity contribution is 0.568. The smallest absolute Gasteiger partial charge is 0.143 e. The largest absolute Gasteiger partial charge is 0.309 e. The van der Waals surface area contributed by atoms with Crippen molar-refractivity contribution < 1.29 is 4.21 Å². The van der Waals surface area contributed by atoms with Crippen molar-refractivity contribution in [1.82, 2.24) is 25.5 Å². The summed E-state index contributed by atoms with van der Waals surface area (Å²) in [7, 11) is -0.805. The Morgan fingerprint density at radius 1 is 1.40 bits per heavy atom. The lowest BCUT2D eigenvalue weighted by Gasteiger charge is -2.17. The summed E-state index contributed by atoms with van der Waals surface area (Å²) >= 11 is 0. The highest BCUT2D eigenvalue weighted by atomic mass is 32.2. The molecule has 1 aromatic heterocycles. The second kappa shape index (κ2) is 6.71. The molecule has 108 valence electrons. The summed E-state index contributed by atoms with van der Waals surface area (Å²) < 4.78 is 13.0. The molecule has 1 heterocycles. The van der Waals surface area contributed by atoms with Gasteiger partial charge in [-0.15, -0.1) is 5.10 Å². The first-order valence-electron chi connectivity index (χ1n) is 6.47. The molecule has 0 fully saturated rings. The minimum atomic E-state index is -0.805. The topological polar surface area (TPSA) is 72.7 Å². The van der Waals surface area contributed by atoms with Crippen LogP contribution in [0.4, 0.5) is 0 Å². The van der Waals surface area contributed by atoms with Crippen LogP contribution in [0, 0.1) is 0 Å². The predicted molar refractivity (Wildman–Crippen MR) is 79.1 cm³/mol. The molecule has 6 nitrogen and oxygen atoms in total. The highest BCUT2D eigenvalue weighted by molar-refractivity contribution is 7.84. The van der Waals surface area contributed by atoms with E-state index in [2.05, 4.69) is 33.8 Å². The number of nitrogens with one attached hydrogen (secondary N) is 1. The van der Waals surface area contributed by atoms with Crippen molar-refractivity contribution in [2.24, 2.45) is 0 Å². The third-order valence-corrected chi connectivity index (χ3v) is 4.56. The first-order chi connectivity index (χ1) is 9.58. The van der Waals surface area contributed by atoms with Crippen molar-refractivity contribution in [3.8, 4) is 5.69 Å². The third-order valence-electron chi connectivity index (χ3n) is 3.26. The molecular weight excluding hydrogens is 274 g/mol. The molecule has 0 bridgehead atoms. The summed E-state index contributed by atoms with van der Waals surface area (Å²) in [6, 6.07) is 8.21. The van der Waals surface area contributed by atoms with Gasteiger partial charge >= 0.3 is 0 Å². The summed E-state index contributed by atoms with van der Waals surface area (Å²) in [4.78, 5) is 0. The summed E-state index contributed by atoms with van der Waals surface area (Å²) in [6.45, 7) is 4.79. The van der Waals surface area contributed by atoms with Gasteiger partial charge in [0.2, 0.25) is 0 Å². The zero-order chi connectivity index (χ0) is 14.5. The number of aromatic nitrogens is 4. The van der Waals surface area contributed by atoms with Crippen molar-refractivity contribution >= 4 is 10.8 Å². The molecule has 2 rings (SSSR count). The van der Waals surface area contributed by atoms with Crippen LogP contribution >= 0.6 is 0 Å². The quantitative estimate of drug-likeness (QED) is 0.863. The zero-order valence-corrected chi connectivity index (χ0v) is 12.7. The Balaban J connectivity index is 2.05. The molecule has 0 radical (unpaired) electrons. The standard InChI is InChI=1S/C13H19N5OS/c1-10(20(3)19)8-14-11(2)12-5-4-6-13(7-12)18-9-15-16-17-18/h4-7,9-11,14H,8H2,1-3H3. The summed E-state index contributed by atoms with van der Waals surface area (Å²) in [5, 5.41) is 14.7. The molecular formula is C13H19N5OS. The highest BCUT2D eigenvalue weighted by Crippen LogP contribution is 2.16. The van der Waals surface area contributed by atoms with Crippen LogP contribution in [-0.2, 0) is 10.8 Å². The Hall–Kier alpha value is -1.60. The Morgan fingerprint density at radius 3 is 2.85 bits per heavy atom. The molecule has 0 saturated carbocycles. The Bertz CT molecular complexity index is 572. The maximum Gasteiger partial charge on any atom is 0.143 e. The van der Waals surface area contributed by atoms with Crippen LogP contribution in [-0.4, -0.2) is 42.5 Å². The fourth-order valence-electron chi connectivity index (χ4n) is 1.79. The average Bonchev–Trinajstić information content (AvgIpc) is 2.98. The van der Waals surface area contributed by atoms with Crippen molar-refractivity contribution in [3.05, 3.63) is 36.2 Å². The van der Waals surface area contributed by atoms with Crippen LogP contribution in [0.5, 0.6) is 0 Å². The minimum absolute atomic E-state index is 0.139. The Morgan fingerprint density at radius 2 is 2.20 bits per heavy atom. The third kappa shape index (κ3) is 3.71. The number of benzene rings is 1. The maximum atomic E-state index is 11.3. The minimum Gasteiger partial charge on any atom is -0.309 e. The van der Waals surface area contributed by atoms with Crippen molar-refractivity contribution in [1.29, 1.82) is 0 Å². The summed E-state index contributed by atoms with van der Waals surface area (Å²) in [5.74, 6) is 0. The van der Waals surface area contributed by atoms with Gasteiger partial charge in [0.05, 0.1) is 5.69 Å². The monoisotopic (exact) mass is 293 g/mol. The van der Waals surface area contributed by atoms with Gasteiger partial charge in [-0.25, -0.2) is 4.68 Å². The van der Waals surface area contributed by atoms with Crippen LogP contribution in [0.25, 0.3) is 5.69 Å². The SMILES string of the molecule is CC(NCC(C)S(C)=O)c1cccc(-n2cnnn2)c1. The Labute approximate surface area is 121 Å². The molecule has 0 aliphatic rings. The van der Waals surface area contributed by atoms with Crippen molar-refractivity contribution in [3.63, 3.8) is 0 Å². The number of hydrogen-bond donors (Lipinski definition) is 1. The van der Waals surface area contributed by atoms with E-state index in [0.29, 0.717) is 0 Å². The van der Waals surface area contributed by atoms with Crippen LogP contribution in [0.15, 0.2) is 30.6 Å². The molecule has 7 heteroatoms. The van der Waals surface area contributed by atoms with E-state index in [0.717, 1.165) is 17.8 Å². The van der Waals surface area contributed by atoms with Crippen molar-refractivity contribution in [2.75, 3.05) is 12.8 Å². The van der Waals surface area contributed by atoms with Gasteiger partial charge in [-0.1, -0.05) is 12.1 Å². The molecule has 0 amide bonds. The molecule has 1 aromatic carbocycles. The van der Waals surface area contributed by atoms with Gasteiger partial charge in [-0.3, -0.25) is 4.21 Å². The normalized spacial score (nSPS) is 15.8. The van der Waals surface area contributed by atoms with Crippen LogP contribution in [0.1, 0.15) is 25.5 Å². The molecule has 1 N–H and O–H groups in total. The van der Waals surface area contributed by atoms with E-state index in [9.17, 15) is 4.21 Å². The average molecular weight is 293 g/mol. The van der Waals surface area contributed by atoms with E-state index >= 15 is 0 Å². The van der Waals surface area contributed by atoms with Crippen molar-refractivity contribution in [2.45, 2.75) is 25.1 Å². The van der Waals surface area contributed by atoms with Gasteiger partial charge in [-0.05, 0) is 42.0 Å². The number of nitrogens with zero attached hydrogens (tertiary/aromatic N) is 4. The molecule has 0 aliphatic heterocycles. The second-order valence-corrected chi connectivity index (χ2v) is 6.59. The maximum absolute atomic E-state index is 11.3. The van der Waals surface area contributed by atoms with E-state index in [1.807, 2.05) is 25.1 Å². The number of hydrogen-bond acceptors (Lipinski definition) is 5. The van der Waals surface area contributed by atoms with Crippen LogP contribution < -0.4 is 5.32 Å². The fraction of sp³-hybridized carbons (Fsp3) is 0.462. The van der Waals surface area contributed by atoms with E-state index in [-0.39, 0.29) is 11.3 Å². The molecule has 2 aromatic rings. The summed E-state index contributed by atoms with van der Waals surface area (Å²) in [5.41, 5.74) is 2.07. The molecule has 0 saturated heterocycles. The highest BCUT2D eigenvalue weighted by Gasteiger charge is 2.10. The van der Waals surface area contributed by atoms with Gasteiger partial charge in [-0.2, -0.15) is 0 Å². The Kier molecular flexibility index (Phi) is 4.97. The van der Waals surface area contributed by atoms with Gasteiger partial charge in [0.1, 0.15) is 6.33 Å². The molecule has 3 unspecified atom stereocenters. The van der Waals surface area contributed by atoms with E-state index in [4.69, 9.17) is 0 Å². The number of rotatable bonds is 6. The summed E-state index contributed by atoms with van der Waals surface area (Å²) in [6.07, 6.45) is 3.30. The van der Waals surface area contributed by atoms with Crippen LogP contribution in [0.3, 0.4) is 0 Å². The van der Waals surface area contributed by atoms with Crippen LogP contribution in [0.2, 0.25) is 0 Å². The lowest BCUT2D eigenvalue weighted by Crippen LogP contribution is -2.29. The van der Waals surface area contributed by atoms with Gasteiger partial charge in [0.15, 0.2) is 0 Å². The first-order valence-corrected chi connectivity index (χ1v) is 8.09. The second-order valence-electron chi connectivity index (χ2n) is 4.79. The lowest BCUT2D eigenvalue weighted by atomic mass is 10.1. The molecule has 3 atom stereocenters. The van der Waals surface area contributed by atoms with Gasteiger partial charge in [0.25, 0.3) is 0 Å². The zero-order valence-electron chi connectivity index (χ0n) is 11.9. The molecule has 20 heavy (non-hydrogen) atoms. The van der Waals surface area contributed by atoms with E-state index in [1.54, 1.807) is 17.3 Å². The number of tetrazole rings is 1. The van der Waals surface area contributed by atoms with E-state index < -0.39 is 10.8 Å².